The Kier molecular flexibility index (Phi) is 6.76. The van der Waals surface area contributed by atoms with E-state index in [1.807, 2.05) is 0 Å². The first-order chi connectivity index (χ1) is 7.69. The van der Waals surface area contributed by atoms with E-state index in [0.717, 1.165) is 5.92 Å². The van der Waals surface area contributed by atoms with Gasteiger partial charge in [0.2, 0.25) is 0 Å². The van der Waals surface area contributed by atoms with Crippen LogP contribution in [0, 0.1) is 11.8 Å². The fraction of sp³-hybridized carbons (Fsp3) is 0.308. The van der Waals surface area contributed by atoms with Gasteiger partial charge in [-0.2, -0.15) is 0 Å². The van der Waals surface area contributed by atoms with Crippen molar-refractivity contribution in [2.75, 3.05) is 0 Å². The molecule has 1 aromatic rings. The molecule has 1 aliphatic rings. The Morgan fingerprint density at radius 2 is 1.75 bits per heavy atom. The van der Waals surface area contributed by atoms with Crippen molar-refractivity contribution in [2.24, 2.45) is 5.92 Å². The predicted octanol–water partition coefficient (Wildman–Crippen LogP) is 5.06. The van der Waals surface area contributed by atoms with E-state index in [1.165, 1.54) is 23.5 Å². The third-order valence-corrected chi connectivity index (χ3v) is 2.40. The average molecular weight is 290 g/mol. The molecule has 0 atom stereocenters. The van der Waals surface area contributed by atoms with Gasteiger partial charge in [0.25, 0.3) is 0 Å². The summed E-state index contributed by atoms with van der Waals surface area (Å²) < 4.78 is 0. The summed E-state index contributed by atoms with van der Waals surface area (Å²) in [6, 6.07) is 8.61. The van der Waals surface area contributed by atoms with Crippen molar-refractivity contribution < 1.29 is 17.0 Å². The molecule has 0 unspecified atom stereocenters. The quantitative estimate of drug-likeness (QED) is 0.668. The number of hydrogen-bond donors (Lipinski definition) is 0. The number of allylic oxidation sites excluding steroid dienone is 1. The van der Waals surface area contributed by atoms with Crippen molar-refractivity contribution in [1.82, 2.24) is 0 Å². The van der Waals surface area contributed by atoms with Gasteiger partial charge < -0.3 is 0 Å². The standard InChI is InChI=1S/C13H15.2ClH.Ti/c1-10(2)9-12-8-7-11-5-3-4-6-13(11)12;;;/h3-8,10H,9H2,1-2H3;2*1H;/q;;;+2/p-2. The van der Waals surface area contributed by atoms with Crippen LogP contribution in [0.15, 0.2) is 30.3 Å². The van der Waals surface area contributed by atoms with E-state index in [-0.39, 0.29) is 0 Å². The first-order valence-corrected chi connectivity index (χ1v) is 9.58. The van der Waals surface area contributed by atoms with Crippen LogP contribution in [0.2, 0.25) is 0 Å². The zero-order valence-corrected chi connectivity index (χ0v) is 12.6. The van der Waals surface area contributed by atoms with Gasteiger partial charge in [-0.3, -0.25) is 0 Å². The summed E-state index contributed by atoms with van der Waals surface area (Å²) in [5, 5.41) is 0. The van der Waals surface area contributed by atoms with Gasteiger partial charge in [-0.1, -0.05) is 50.3 Å². The van der Waals surface area contributed by atoms with E-state index in [9.17, 15) is 0 Å². The second-order valence-electron chi connectivity index (χ2n) is 4.12. The molecule has 16 heavy (non-hydrogen) atoms. The molecule has 0 aliphatic heterocycles. The van der Waals surface area contributed by atoms with Crippen molar-refractivity contribution >= 4 is 24.7 Å². The maximum absolute atomic E-state index is 4.89. The Hall–Kier alpha value is 0.254. The van der Waals surface area contributed by atoms with Crippen LogP contribution in [0.25, 0.3) is 6.08 Å². The Balaban J connectivity index is 0.000000386. The molecule has 0 heterocycles. The summed E-state index contributed by atoms with van der Waals surface area (Å²) in [7, 11) is 9.78. The Labute approximate surface area is 115 Å². The van der Waals surface area contributed by atoms with Gasteiger partial charge in [-0.25, -0.2) is 0 Å². The van der Waals surface area contributed by atoms with Crippen molar-refractivity contribution in [1.29, 1.82) is 0 Å². The van der Waals surface area contributed by atoms with Crippen LogP contribution in [0.4, 0.5) is 0 Å². The zero-order valence-electron chi connectivity index (χ0n) is 9.50. The molecule has 0 saturated carbocycles. The normalized spacial score (nSPS) is 13.3. The van der Waals surface area contributed by atoms with Gasteiger partial charge in [-0.05, 0) is 23.5 Å². The molecule has 0 bridgehead atoms. The Morgan fingerprint density at radius 3 is 2.38 bits per heavy atom. The summed E-state index contributed by atoms with van der Waals surface area (Å²) in [5.41, 5.74) is 2.80. The molecule has 1 radical (unpaired) electrons. The molecule has 0 spiro atoms. The first-order valence-electron chi connectivity index (χ1n) is 5.28. The van der Waals surface area contributed by atoms with Crippen LogP contribution in [0.1, 0.15) is 31.4 Å². The minimum atomic E-state index is -0.556. The van der Waals surface area contributed by atoms with Crippen LogP contribution in [-0.2, 0) is 17.0 Å². The maximum atomic E-state index is 4.89. The van der Waals surface area contributed by atoms with Crippen LogP contribution in [0.3, 0.4) is 0 Å². The molecule has 0 amide bonds. The van der Waals surface area contributed by atoms with Crippen molar-refractivity contribution in [3.8, 4) is 0 Å². The summed E-state index contributed by atoms with van der Waals surface area (Å²) in [6.45, 7) is 4.53. The molecule has 0 fully saturated rings. The van der Waals surface area contributed by atoms with E-state index >= 15 is 0 Å². The van der Waals surface area contributed by atoms with Gasteiger partial charge in [0, 0.05) is 5.92 Å². The van der Waals surface area contributed by atoms with Crippen molar-refractivity contribution in [3.05, 3.63) is 47.4 Å². The molecule has 3 heteroatoms. The molecule has 2 rings (SSSR count). The van der Waals surface area contributed by atoms with E-state index in [0.29, 0.717) is 0 Å². The average Bonchev–Trinajstić information content (AvgIpc) is 2.63. The summed E-state index contributed by atoms with van der Waals surface area (Å²) >= 11 is -0.556. The monoisotopic (exact) mass is 289 g/mol. The second-order valence-corrected chi connectivity index (χ2v) is 6.69. The molecule has 1 aromatic carbocycles. The Morgan fingerprint density at radius 1 is 1.12 bits per heavy atom. The van der Waals surface area contributed by atoms with E-state index in [4.69, 9.17) is 18.6 Å². The second kappa shape index (κ2) is 7.56. The van der Waals surface area contributed by atoms with E-state index in [2.05, 4.69) is 50.3 Å². The van der Waals surface area contributed by atoms with E-state index < -0.39 is 17.0 Å². The molecular weight excluding hydrogens is 275 g/mol. The van der Waals surface area contributed by atoms with Crippen LogP contribution >= 0.6 is 18.6 Å². The molecule has 0 nitrogen and oxygen atoms in total. The number of rotatable bonds is 2. The first kappa shape index (κ1) is 14.3. The van der Waals surface area contributed by atoms with Crippen LogP contribution in [-0.4, -0.2) is 0 Å². The number of halogens is 2. The molecule has 0 aromatic heterocycles. The fourth-order valence-corrected chi connectivity index (χ4v) is 1.83. The van der Waals surface area contributed by atoms with Gasteiger partial charge in [0.15, 0.2) is 0 Å². The SMILES string of the molecule is CC(C)C[C]1C=Cc2ccccc21.[Cl][Ti][Cl]. The van der Waals surface area contributed by atoms with Crippen molar-refractivity contribution in [2.45, 2.75) is 20.3 Å². The molecule has 0 N–H and O–H groups in total. The fourth-order valence-electron chi connectivity index (χ4n) is 1.83. The third kappa shape index (κ3) is 4.26. The van der Waals surface area contributed by atoms with Gasteiger partial charge in [0.1, 0.15) is 0 Å². The Bertz CT molecular complexity index is 348. The third-order valence-electron chi connectivity index (χ3n) is 2.40. The topological polar surface area (TPSA) is 0 Å². The zero-order chi connectivity index (χ0) is 12.0. The van der Waals surface area contributed by atoms with Gasteiger partial charge in [-0.15, -0.1) is 0 Å². The van der Waals surface area contributed by atoms with Crippen molar-refractivity contribution in [3.63, 3.8) is 0 Å². The molecule has 0 saturated heterocycles. The molecule has 1 aliphatic carbocycles. The minimum absolute atomic E-state index is 0.556. The summed E-state index contributed by atoms with van der Waals surface area (Å²) in [4.78, 5) is 0. The summed E-state index contributed by atoms with van der Waals surface area (Å²) in [6.07, 6.45) is 5.66. The number of benzene rings is 1. The van der Waals surface area contributed by atoms with Crippen LogP contribution in [0.5, 0.6) is 0 Å². The van der Waals surface area contributed by atoms with Gasteiger partial charge in [0.05, 0.1) is 0 Å². The summed E-state index contributed by atoms with van der Waals surface area (Å²) in [5.74, 6) is 2.23. The molecular formula is C13H15Cl2Ti. The van der Waals surface area contributed by atoms with Gasteiger partial charge >= 0.3 is 35.6 Å². The molecule has 85 valence electrons. The van der Waals surface area contributed by atoms with E-state index in [1.54, 1.807) is 0 Å². The van der Waals surface area contributed by atoms with Crippen LogP contribution < -0.4 is 0 Å². The number of fused-ring (bicyclic) bond motifs is 1. The predicted molar refractivity (Wildman–Crippen MR) is 69.0 cm³/mol. The number of hydrogen-bond acceptors (Lipinski definition) is 0.